The van der Waals surface area contributed by atoms with Crippen molar-refractivity contribution in [3.63, 3.8) is 0 Å². The summed E-state index contributed by atoms with van der Waals surface area (Å²) in [5.41, 5.74) is -0.359. The van der Waals surface area contributed by atoms with Crippen LogP contribution < -0.4 is 5.32 Å². The summed E-state index contributed by atoms with van der Waals surface area (Å²) >= 11 is 3.14. The molecule has 2 rings (SSSR count). The first-order valence-corrected chi connectivity index (χ1v) is 5.65. The first-order valence-electron chi connectivity index (χ1n) is 4.85. The third-order valence-electron chi connectivity index (χ3n) is 2.80. The summed E-state index contributed by atoms with van der Waals surface area (Å²) in [6, 6.07) is 1.36. The SMILES string of the molecule is OCC1(Nc2ncc(Br)cc2F)CCC1. The molecule has 1 aliphatic rings. The van der Waals surface area contributed by atoms with Gasteiger partial charge in [0.25, 0.3) is 0 Å². The topological polar surface area (TPSA) is 45.1 Å². The second-order valence-corrected chi connectivity index (χ2v) is 4.82. The van der Waals surface area contributed by atoms with E-state index < -0.39 is 5.82 Å². The summed E-state index contributed by atoms with van der Waals surface area (Å²) in [5.74, 6) is -0.184. The van der Waals surface area contributed by atoms with Gasteiger partial charge in [-0.2, -0.15) is 0 Å². The molecule has 15 heavy (non-hydrogen) atoms. The molecule has 0 aromatic carbocycles. The van der Waals surface area contributed by atoms with Crippen molar-refractivity contribution in [3.8, 4) is 0 Å². The van der Waals surface area contributed by atoms with Gasteiger partial charge < -0.3 is 10.4 Å². The van der Waals surface area contributed by atoms with Crippen LogP contribution in [0, 0.1) is 5.82 Å². The van der Waals surface area contributed by atoms with E-state index in [0.717, 1.165) is 19.3 Å². The highest BCUT2D eigenvalue weighted by atomic mass is 79.9. The number of anilines is 1. The number of pyridine rings is 1. The maximum Gasteiger partial charge on any atom is 0.166 e. The number of aliphatic hydroxyl groups is 1. The Hall–Kier alpha value is -0.680. The molecule has 0 spiro atoms. The van der Waals surface area contributed by atoms with Gasteiger partial charge >= 0.3 is 0 Å². The smallest absolute Gasteiger partial charge is 0.166 e. The molecule has 82 valence electrons. The van der Waals surface area contributed by atoms with E-state index >= 15 is 0 Å². The molecule has 0 radical (unpaired) electrons. The van der Waals surface area contributed by atoms with Gasteiger partial charge in [0.2, 0.25) is 0 Å². The monoisotopic (exact) mass is 274 g/mol. The van der Waals surface area contributed by atoms with Crippen LogP contribution in [0.4, 0.5) is 10.2 Å². The van der Waals surface area contributed by atoms with Crippen LogP contribution in [0.1, 0.15) is 19.3 Å². The number of hydrogen-bond acceptors (Lipinski definition) is 3. The van der Waals surface area contributed by atoms with E-state index in [1.165, 1.54) is 12.3 Å². The highest BCUT2D eigenvalue weighted by molar-refractivity contribution is 9.10. The summed E-state index contributed by atoms with van der Waals surface area (Å²) < 4.78 is 14.0. The maximum atomic E-state index is 13.4. The van der Waals surface area contributed by atoms with Crippen LogP contribution >= 0.6 is 15.9 Å². The predicted octanol–water partition coefficient (Wildman–Crippen LogP) is 2.31. The van der Waals surface area contributed by atoms with Crippen LogP contribution in [0.5, 0.6) is 0 Å². The van der Waals surface area contributed by atoms with Crippen LogP contribution in [0.3, 0.4) is 0 Å². The molecule has 5 heteroatoms. The van der Waals surface area contributed by atoms with E-state index in [0.29, 0.717) is 4.47 Å². The average molecular weight is 275 g/mol. The fourth-order valence-corrected chi connectivity index (χ4v) is 1.99. The molecular formula is C10H12BrFN2O. The lowest BCUT2D eigenvalue weighted by Crippen LogP contribution is -2.48. The van der Waals surface area contributed by atoms with Crippen molar-refractivity contribution in [1.82, 2.24) is 4.98 Å². The van der Waals surface area contributed by atoms with Crippen molar-refractivity contribution in [2.75, 3.05) is 11.9 Å². The lowest BCUT2D eigenvalue weighted by atomic mass is 9.77. The minimum absolute atomic E-state index is 0.0180. The number of nitrogens with zero attached hydrogens (tertiary/aromatic N) is 1. The van der Waals surface area contributed by atoms with Crippen LogP contribution in [-0.4, -0.2) is 22.2 Å². The molecule has 0 aliphatic heterocycles. The van der Waals surface area contributed by atoms with Gasteiger partial charge in [0.1, 0.15) is 0 Å². The van der Waals surface area contributed by atoms with Crippen LogP contribution in [-0.2, 0) is 0 Å². The Morgan fingerprint density at radius 3 is 2.80 bits per heavy atom. The molecule has 1 saturated carbocycles. The number of halogens is 2. The number of aliphatic hydroxyl groups excluding tert-OH is 1. The molecule has 0 amide bonds. The van der Waals surface area contributed by atoms with Crippen molar-refractivity contribution in [2.45, 2.75) is 24.8 Å². The standard InChI is InChI=1S/C10H12BrFN2O/c11-7-4-8(12)9(13-5-7)14-10(6-15)2-1-3-10/h4-5,15H,1-3,6H2,(H,13,14). The van der Waals surface area contributed by atoms with Crippen molar-refractivity contribution in [2.24, 2.45) is 0 Å². The van der Waals surface area contributed by atoms with Crippen molar-refractivity contribution in [1.29, 1.82) is 0 Å². The minimum atomic E-state index is -0.399. The van der Waals surface area contributed by atoms with Gasteiger partial charge in [-0.25, -0.2) is 9.37 Å². The summed E-state index contributed by atoms with van der Waals surface area (Å²) in [6.45, 7) is 0.0180. The largest absolute Gasteiger partial charge is 0.394 e. The zero-order chi connectivity index (χ0) is 10.9. The zero-order valence-electron chi connectivity index (χ0n) is 8.13. The first kappa shape index (κ1) is 10.8. The van der Waals surface area contributed by atoms with Crippen LogP contribution in [0.15, 0.2) is 16.7 Å². The zero-order valence-corrected chi connectivity index (χ0v) is 9.72. The lowest BCUT2D eigenvalue weighted by Gasteiger charge is -2.41. The highest BCUT2D eigenvalue weighted by Gasteiger charge is 2.37. The van der Waals surface area contributed by atoms with Crippen LogP contribution in [0.25, 0.3) is 0 Å². The van der Waals surface area contributed by atoms with Gasteiger partial charge in [0.05, 0.1) is 12.1 Å². The fourth-order valence-electron chi connectivity index (χ4n) is 1.68. The second kappa shape index (κ2) is 4.06. The Balaban J connectivity index is 2.16. The van der Waals surface area contributed by atoms with Gasteiger partial charge in [-0.3, -0.25) is 0 Å². The molecule has 1 aromatic heterocycles. The Kier molecular flexibility index (Phi) is 2.93. The molecule has 2 N–H and O–H groups in total. The molecule has 3 nitrogen and oxygen atoms in total. The average Bonchev–Trinajstić information content (AvgIpc) is 2.14. The van der Waals surface area contributed by atoms with Gasteiger partial charge in [-0.15, -0.1) is 0 Å². The summed E-state index contributed by atoms with van der Waals surface area (Å²) in [5, 5.41) is 12.2. The maximum absolute atomic E-state index is 13.4. The van der Waals surface area contributed by atoms with Gasteiger partial charge in [-0.05, 0) is 41.3 Å². The molecule has 0 saturated heterocycles. The second-order valence-electron chi connectivity index (χ2n) is 3.90. The van der Waals surface area contributed by atoms with E-state index in [4.69, 9.17) is 0 Å². The third kappa shape index (κ3) is 2.13. The molecular weight excluding hydrogens is 263 g/mol. The number of nitrogens with one attached hydrogen (secondary N) is 1. The number of hydrogen-bond donors (Lipinski definition) is 2. The van der Waals surface area contributed by atoms with E-state index in [1.807, 2.05) is 0 Å². The molecule has 0 unspecified atom stereocenters. The van der Waals surface area contributed by atoms with Gasteiger partial charge in [0.15, 0.2) is 11.6 Å². The molecule has 1 fully saturated rings. The van der Waals surface area contributed by atoms with E-state index in [-0.39, 0.29) is 18.0 Å². The van der Waals surface area contributed by atoms with Gasteiger partial charge in [-0.1, -0.05) is 0 Å². The molecule has 0 bridgehead atoms. The molecule has 1 aliphatic carbocycles. The first-order chi connectivity index (χ1) is 7.15. The fraction of sp³-hybridized carbons (Fsp3) is 0.500. The number of aromatic nitrogens is 1. The minimum Gasteiger partial charge on any atom is -0.394 e. The Morgan fingerprint density at radius 2 is 2.33 bits per heavy atom. The molecule has 0 atom stereocenters. The highest BCUT2D eigenvalue weighted by Crippen LogP contribution is 2.35. The van der Waals surface area contributed by atoms with Gasteiger partial charge in [0, 0.05) is 10.7 Å². The third-order valence-corrected chi connectivity index (χ3v) is 3.24. The van der Waals surface area contributed by atoms with Crippen molar-refractivity contribution >= 4 is 21.7 Å². The lowest BCUT2D eigenvalue weighted by molar-refractivity contribution is 0.143. The Bertz CT molecular complexity index is 363. The van der Waals surface area contributed by atoms with Crippen LogP contribution in [0.2, 0.25) is 0 Å². The molecule has 1 aromatic rings. The summed E-state index contributed by atoms with van der Waals surface area (Å²) in [4.78, 5) is 3.95. The van der Waals surface area contributed by atoms with Crippen molar-refractivity contribution < 1.29 is 9.50 Å². The number of rotatable bonds is 3. The predicted molar refractivity (Wildman–Crippen MR) is 59.2 cm³/mol. The van der Waals surface area contributed by atoms with E-state index in [9.17, 15) is 9.50 Å². The Morgan fingerprint density at radius 1 is 1.60 bits per heavy atom. The van der Waals surface area contributed by atoms with Crippen molar-refractivity contribution in [3.05, 3.63) is 22.6 Å². The normalized spacial score (nSPS) is 18.3. The summed E-state index contributed by atoms with van der Waals surface area (Å²) in [7, 11) is 0. The quantitative estimate of drug-likeness (QED) is 0.889. The molecule has 1 heterocycles. The van der Waals surface area contributed by atoms with E-state index in [1.54, 1.807) is 0 Å². The van der Waals surface area contributed by atoms with E-state index in [2.05, 4.69) is 26.2 Å². The Labute approximate surface area is 95.8 Å². The summed E-state index contributed by atoms with van der Waals surface area (Å²) in [6.07, 6.45) is 4.32.